The Bertz CT molecular complexity index is 806. The molecule has 1 heterocycles. The van der Waals surface area contributed by atoms with E-state index >= 15 is 0 Å². The quantitative estimate of drug-likeness (QED) is 0.752. The first-order chi connectivity index (χ1) is 12.1. The Morgan fingerprint density at radius 3 is 2.80 bits per heavy atom. The van der Waals surface area contributed by atoms with Gasteiger partial charge >= 0.3 is 6.03 Å². The lowest BCUT2D eigenvalue weighted by molar-refractivity contribution is 0.159. The van der Waals surface area contributed by atoms with E-state index in [1.807, 2.05) is 43.3 Å². The summed E-state index contributed by atoms with van der Waals surface area (Å²) in [5.74, 6) is 6.37. The van der Waals surface area contributed by atoms with E-state index in [1.165, 1.54) is 0 Å². The van der Waals surface area contributed by atoms with Gasteiger partial charge in [0.1, 0.15) is 5.69 Å². The fraction of sp³-hybridized carbons (Fsp3) is 0.300. The summed E-state index contributed by atoms with van der Waals surface area (Å²) in [6.07, 6.45) is 3.77. The van der Waals surface area contributed by atoms with E-state index < -0.39 is 5.54 Å². The summed E-state index contributed by atoms with van der Waals surface area (Å²) < 4.78 is 0. The molecule has 0 bridgehead atoms. The Hall–Kier alpha value is -2.84. The second-order valence-corrected chi connectivity index (χ2v) is 6.47. The smallest absolute Gasteiger partial charge is 0.319 e. The average Bonchev–Trinajstić information content (AvgIpc) is 3.46. The van der Waals surface area contributed by atoms with Crippen LogP contribution in [0.15, 0.2) is 48.7 Å². The minimum atomic E-state index is -0.569. The number of aliphatic hydroxyl groups excluding tert-OH is 1. The van der Waals surface area contributed by atoms with Crippen molar-refractivity contribution in [2.75, 3.05) is 11.9 Å². The summed E-state index contributed by atoms with van der Waals surface area (Å²) in [6.45, 7) is 1.81. The molecule has 0 aliphatic heterocycles. The highest BCUT2D eigenvalue weighted by atomic mass is 16.3. The predicted molar refractivity (Wildman–Crippen MR) is 97.0 cm³/mol. The van der Waals surface area contributed by atoms with E-state index in [1.54, 1.807) is 12.3 Å². The molecule has 1 fully saturated rings. The molecule has 5 nitrogen and oxygen atoms in total. The van der Waals surface area contributed by atoms with Gasteiger partial charge < -0.3 is 15.7 Å². The molecule has 1 saturated carbocycles. The van der Waals surface area contributed by atoms with Crippen LogP contribution in [0.1, 0.15) is 31.0 Å². The SMILES string of the molecule is C[C@@](CO)(NC(=O)Nc1cccc(C#Cc2ccccn2)c1)C1CC1. The number of rotatable bonds is 4. The van der Waals surface area contributed by atoms with Crippen LogP contribution in [0.2, 0.25) is 0 Å². The van der Waals surface area contributed by atoms with Crippen molar-refractivity contribution >= 4 is 11.7 Å². The lowest BCUT2D eigenvalue weighted by Crippen LogP contribution is -2.52. The molecule has 1 aliphatic rings. The van der Waals surface area contributed by atoms with Crippen molar-refractivity contribution in [1.82, 2.24) is 10.3 Å². The minimum absolute atomic E-state index is 0.0688. The molecule has 0 unspecified atom stereocenters. The Labute approximate surface area is 147 Å². The van der Waals surface area contributed by atoms with E-state index in [4.69, 9.17) is 0 Å². The standard InChI is InChI=1S/C20H21N3O2/c1-20(14-24,16-9-10-16)23-19(25)22-18-7-4-5-15(13-18)8-11-17-6-2-3-12-21-17/h2-7,12-13,16,24H,9-10,14H2,1H3,(H2,22,23,25)/t20-/m0/s1. The molecule has 2 aromatic rings. The molecule has 3 N–H and O–H groups in total. The number of nitrogens with one attached hydrogen (secondary N) is 2. The van der Waals surface area contributed by atoms with Crippen LogP contribution in [0.5, 0.6) is 0 Å². The van der Waals surface area contributed by atoms with E-state index in [9.17, 15) is 9.90 Å². The summed E-state index contributed by atoms with van der Waals surface area (Å²) >= 11 is 0. The van der Waals surface area contributed by atoms with Gasteiger partial charge in [-0.1, -0.05) is 18.1 Å². The van der Waals surface area contributed by atoms with Gasteiger partial charge in [-0.05, 0) is 61.9 Å². The normalized spacial score (nSPS) is 15.4. The number of nitrogens with zero attached hydrogens (tertiary/aromatic N) is 1. The van der Waals surface area contributed by atoms with Gasteiger partial charge in [-0.3, -0.25) is 0 Å². The fourth-order valence-electron chi connectivity index (χ4n) is 2.66. The van der Waals surface area contributed by atoms with Crippen molar-refractivity contribution in [3.63, 3.8) is 0 Å². The monoisotopic (exact) mass is 335 g/mol. The predicted octanol–water partition coefficient (Wildman–Crippen LogP) is 2.76. The summed E-state index contributed by atoms with van der Waals surface area (Å²) in [5.41, 5.74) is 1.57. The van der Waals surface area contributed by atoms with Gasteiger partial charge in [-0.25, -0.2) is 9.78 Å². The highest BCUT2D eigenvalue weighted by Gasteiger charge is 2.42. The van der Waals surface area contributed by atoms with Gasteiger partial charge in [0.25, 0.3) is 0 Å². The van der Waals surface area contributed by atoms with E-state index in [2.05, 4.69) is 27.5 Å². The van der Waals surface area contributed by atoms with Gasteiger partial charge in [0.2, 0.25) is 0 Å². The summed E-state index contributed by atoms with van der Waals surface area (Å²) in [7, 11) is 0. The number of anilines is 1. The summed E-state index contributed by atoms with van der Waals surface area (Å²) in [4.78, 5) is 16.4. The maximum absolute atomic E-state index is 12.2. The van der Waals surface area contributed by atoms with Crippen molar-refractivity contribution in [2.45, 2.75) is 25.3 Å². The largest absolute Gasteiger partial charge is 0.394 e. The molecule has 0 spiro atoms. The molecule has 1 aromatic carbocycles. The molecule has 25 heavy (non-hydrogen) atoms. The van der Waals surface area contributed by atoms with Gasteiger partial charge in [-0.15, -0.1) is 0 Å². The molecule has 128 valence electrons. The van der Waals surface area contributed by atoms with Crippen LogP contribution < -0.4 is 10.6 Å². The molecular weight excluding hydrogens is 314 g/mol. The average molecular weight is 335 g/mol. The molecule has 0 saturated heterocycles. The molecule has 0 radical (unpaired) electrons. The molecule has 1 atom stereocenters. The van der Waals surface area contributed by atoms with Crippen molar-refractivity contribution < 1.29 is 9.90 Å². The minimum Gasteiger partial charge on any atom is -0.394 e. The van der Waals surface area contributed by atoms with Crippen LogP contribution in [0.4, 0.5) is 10.5 Å². The third-order valence-corrected chi connectivity index (χ3v) is 4.33. The Morgan fingerprint density at radius 1 is 1.28 bits per heavy atom. The van der Waals surface area contributed by atoms with Gasteiger partial charge in [0.15, 0.2) is 0 Å². The maximum atomic E-state index is 12.2. The number of hydrogen-bond acceptors (Lipinski definition) is 3. The second kappa shape index (κ2) is 7.37. The van der Waals surface area contributed by atoms with Crippen molar-refractivity contribution in [1.29, 1.82) is 0 Å². The Kier molecular flexibility index (Phi) is 5.01. The Morgan fingerprint density at radius 2 is 2.12 bits per heavy atom. The third-order valence-electron chi connectivity index (χ3n) is 4.33. The van der Waals surface area contributed by atoms with E-state index in [-0.39, 0.29) is 12.6 Å². The number of pyridine rings is 1. The Balaban J connectivity index is 1.65. The van der Waals surface area contributed by atoms with Gasteiger partial charge in [0.05, 0.1) is 12.1 Å². The fourth-order valence-corrected chi connectivity index (χ4v) is 2.66. The lowest BCUT2D eigenvalue weighted by Gasteiger charge is -2.28. The highest BCUT2D eigenvalue weighted by Crippen LogP contribution is 2.39. The molecule has 3 rings (SSSR count). The van der Waals surface area contributed by atoms with Crippen LogP contribution in [-0.4, -0.2) is 28.3 Å². The second-order valence-electron chi connectivity index (χ2n) is 6.47. The number of benzene rings is 1. The molecule has 1 aliphatic carbocycles. The number of aliphatic hydroxyl groups is 1. The van der Waals surface area contributed by atoms with Crippen molar-refractivity contribution in [2.24, 2.45) is 5.92 Å². The molecule has 2 amide bonds. The first-order valence-electron chi connectivity index (χ1n) is 8.32. The van der Waals surface area contributed by atoms with Gasteiger partial charge in [0, 0.05) is 17.4 Å². The summed E-state index contributed by atoms with van der Waals surface area (Å²) in [5, 5.41) is 15.3. The molecule has 1 aromatic heterocycles. The topological polar surface area (TPSA) is 74.2 Å². The third kappa shape index (κ3) is 4.59. The van der Waals surface area contributed by atoms with Crippen LogP contribution in [0, 0.1) is 17.8 Å². The highest BCUT2D eigenvalue weighted by molar-refractivity contribution is 5.90. The number of carbonyl (C=O) groups is 1. The summed E-state index contributed by atoms with van der Waals surface area (Å²) in [6, 6.07) is 12.6. The number of hydrogen-bond donors (Lipinski definition) is 3. The molecular formula is C20H21N3O2. The lowest BCUT2D eigenvalue weighted by atomic mass is 9.97. The van der Waals surface area contributed by atoms with Crippen LogP contribution in [0.25, 0.3) is 0 Å². The zero-order valence-corrected chi connectivity index (χ0v) is 14.1. The van der Waals surface area contributed by atoms with Crippen LogP contribution in [-0.2, 0) is 0 Å². The number of carbonyl (C=O) groups excluding carboxylic acids is 1. The zero-order valence-electron chi connectivity index (χ0n) is 14.1. The van der Waals surface area contributed by atoms with Crippen LogP contribution in [0.3, 0.4) is 0 Å². The van der Waals surface area contributed by atoms with Crippen molar-refractivity contribution in [3.8, 4) is 11.8 Å². The van der Waals surface area contributed by atoms with E-state index in [0.29, 0.717) is 17.3 Å². The van der Waals surface area contributed by atoms with Gasteiger partial charge in [-0.2, -0.15) is 0 Å². The first kappa shape index (κ1) is 17.0. The van der Waals surface area contributed by atoms with E-state index in [0.717, 1.165) is 18.4 Å². The maximum Gasteiger partial charge on any atom is 0.319 e. The number of amides is 2. The number of aromatic nitrogens is 1. The molecule has 5 heteroatoms. The first-order valence-corrected chi connectivity index (χ1v) is 8.32. The number of urea groups is 1. The van der Waals surface area contributed by atoms with Crippen molar-refractivity contribution in [3.05, 3.63) is 59.9 Å². The zero-order chi connectivity index (χ0) is 17.7. The van der Waals surface area contributed by atoms with Crippen LogP contribution >= 0.6 is 0 Å².